The van der Waals surface area contributed by atoms with Crippen LogP contribution in [0, 0.1) is 6.92 Å². The maximum absolute atomic E-state index is 5.84. The summed E-state index contributed by atoms with van der Waals surface area (Å²) in [5.41, 5.74) is 14.5. The van der Waals surface area contributed by atoms with Crippen LogP contribution in [0.4, 0.5) is 11.4 Å². The molecule has 0 aliphatic rings. The van der Waals surface area contributed by atoms with Gasteiger partial charge in [-0.15, -0.1) is 0 Å². The van der Waals surface area contributed by atoms with Crippen LogP contribution in [0.3, 0.4) is 0 Å². The predicted octanol–water partition coefficient (Wildman–Crippen LogP) is 1.81. The quantitative estimate of drug-likeness (QED) is 0.679. The minimum absolute atomic E-state index is 0.631. The Hall–Kier alpha value is -1.64. The zero-order chi connectivity index (χ0) is 10.0. The van der Waals surface area contributed by atoms with Crippen LogP contribution in [0.25, 0.3) is 6.08 Å². The largest absolute Gasteiger partial charge is 0.496 e. The third kappa shape index (κ3) is 1.45. The Balaban J connectivity index is 3.47. The fourth-order valence-corrected chi connectivity index (χ4v) is 1.20. The van der Waals surface area contributed by atoms with Crippen molar-refractivity contribution in [3.8, 4) is 5.75 Å². The van der Waals surface area contributed by atoms with Crippen molar-refractivity contribution in [1.82, 2.24) is 0 Å². The molecule has 0 radical (unpaired) electrons. The van der Waals surface area contributed by atoms with E-state index in [1.807, 2.05) is 6.92 Å². The highest BCUT2D eigenvalue weighted by atomic mass is 16.5. The zero-order valence-corrected chi connectivity index (χ0v) is 7.92. The molecule has 0 aromatic heterocycles. The van der Waals surface area contributed by atoms with Gasteiger partial charge < -0.3 is 16.2 Å². The number of nitrogens with two attached hydrogens (primary N) is 2. The number of hydrogen-bond donors (Lipinski definition) is 2. The zero-order valence-electron chi connectivity index (χ0n) is 7.92. The highest BCUT2D eigenvalue weighted by Gasteiger charge is 2.09. The lowest BCUT2D eigenvalue weighted by molar-refractivity contribution is 0.414. The van der Waals surface area contributed by atoms with E-state index in [-0.39, 0.29) is 0 Å². The van der Waals surface area contributed by atoms with Gasteiger partial charge in [0.25, 0.3) is 0 Å². The maximum atomic E-state index is 5.84. The predicted molar refractivity (Wildman–Crippen MR) is 56.6 cm³/mol. The molecule has 1 rings (SSSR count). The van der Waals surface area contributed by atoms with Gasteiger partial charge in [0.15, 0.2) is 0 Å². The Bertz CT molecular complexity index is 345. The molecule has 3 heteroatoms. The van der Waals surface area contributed by atoms with E-state index in [4.69, 9.17) is 16.2 Å². The number of nitrogen functional groups attached to an aromatic ring is 2. The SMILES string of the molecule is C=Cc1c(OC)cc(N)c(C)c1N. The number of methoxy groups -OCH3 is 1. The van der Waals surface area contributed by atoms with Gasteiger partial charge >= 0.3 is 0 Å². The number of benzene rings is 1. The average molecular weight is 178 g/mol. The normalized spacial score (nSPS) is 9.69. The number of hydrogen-bond acceptors (Lipinski definition) is 3. The molecule has 0 unspecified atom stereocenters. The van der Waals surface area contributed by atoms with E-state index in [1.54, 1.807) is 19.3 Å². The topological polar surface area (TPSA) is 61.3 Å². The summed E-state index contributed by atoms with van der Waals surface area (Å²) in [7, 11) is 1.58. The molecule has 1 aromatic rings. The van der Waals surface area contributed by atoms with Gasteiger partial charge in [0.05, 0.1) is 7.11 Å². The van der Waals surface area contributed by atoms with Gasteiger partial charge in [-0.3, -0.25) is 0 Å². The maximum Gasteiger partial charge on any atom is 0.130 e. The second-order valence-electron chi connectivity index (χ2n) is 2.82. The molecule has 0 saturated carbocycles. The molecule has 0 fully saturated rings. The third-order valence-corrected chi connectivity index (χ3v) is 2.10. The molecular weight excluding hydrogens is 164 g/mol. The van der Waals surface area contributed by atoms with Crippen LogP contribution in [0.5, 0.6) is 5.75 Å². The first-order chi connectivity index (χ1) is 6.11. The molecule has 0 saturated heterocycles. The Morgan fingerprint density at radius 1 is 1.46 bits per heavy atom. The van der Waals surface area contributed by atoms with Crippen LogP contribution in [-0.4, -0.2) is 7.11 Å². The first-order valence-corrected chi connectivity index (χ1v) is 3.96. The van der Waals surface area contributed by atoms with Crippen LogP contribution in [-0.2, 0) is 0 Å². The summed E-state index contributed by atoms with van der Waals surface area (Å²) in [5.74, 6) is 0.663. The molecule has 13 heavy (non-hydrogen) atoms. The number of anilines is 2. The van der Waals surface area contributed by atoms with Crippen molar-refractivity contribution in [1.29, 1.82) is 0 Å². The molecule has 70 valence electrons. The van der Waals surface area contributed by atoms with Crippen molar-refractivity contribution in [2.45, 2.75) is 6.92 Å². The molecule has 1 aromatic carbocycles. The van der Waals surface area contributed by atoms with E-state index in [0.29, 0.717) is 17.1 Å². The molecule has 0 atom stereocenters. The van der Waals surface area contributed by atoms with Crippen LogP contribution < -0.4 is 16.2 Å². The van der Waals surface area contributed by atoms with E-state index in [9.17, 15) is 0 Å². The van der Waals surface area contributed by atoms with E-state index in [2.05, 4.69) is 6.58 Å². The molecule has 0 bridgehead atoms. The summed E-state index contributed by atoms with van der Waals surface area (Å²) >= 11 is 0. The lowest BCUT2D eigenvalue weighted by Crippen LogP contribution is -2.01. The smallest absolute Gasteiger partial charge is 0.130 e. The van der Waals surface area contributed by atoms with E-state index in [1.165, 1.54) is 0 Å². The fraction of sp³-hybridized carbons (Fsp3) is 0.200. The van der Waals surface area contributed by atoms with Crippen LogP contribution >= 0.6 is 0 Å². The molecule has 0 aliphatic carbocycles. The van der Waals surface area contributed by atoms with E-state index < -0.39 is 0 Å². The summed E-state index contributed by atoms with van der Waals surface area (Å²) in [5, 5.41) is 0. The highest BCUT2D eigenvalue weighted by Crippen LogP contribution is 2.32. The minimum Gasteiger partial charge on any atom is -0.496 e. The fourth-order valence-electron chi connectivity index (χ4n) is 1.20. The van der Waals surface area contributed by atoms with Crippen molar-refractivity contribution < 1.29 is 4.74 Å². The van der Waals surface area contributed by atoms with Crippen molar-refractivity contribution in [2.24, 2.45) is 0 Å². The molecule has 0 amide bonds. The Morgan fingerprint density at radius 2 is 2.08 bits per heavy atom. The highest BCUT2D eigenvalue weighted by molar-refractivity contribution is 5.77. The van der Waals surface area contributed by atoms with Gasteiger partial charge in [0.1, 0.15) is 5.75 Å². The molecule has 0 heterocycles. The monoisotopic (exact) mass is 178 g/mol. The van der Waals surface area contributed by atoms with Crippen molar-refractivity contribution in [2.75, 3.05) is 18.6 Å². The van der Waals surface area contributed by atoms with E-state index in [0.717, 1.165) is 11.1 Å². The summed E-state index contributed by atoms with van der Waals surface area (Å²) in [6, 6.07) is 1.75. The Morgan fingerprint density at radius 3 is 2.54 bits per heavy atom. The summed E-state index contributed by atoms with van der Waals surface area (Å²) < 4.78 is 5.12. The van der Waals surface area contributed by atoms with Crippen molar-refractivity contribution >= 4 is 17.5 Å². The summed E-state index contributed by atoms with van der Waals surface area (Å²) in [6.07, 6.45) is 1.67. The van der Waals surface area contributed by atoms with Crippen LogP contribution in [0.2, 0.25) is 0 Å². The summed E-state index contributed by atoms with van der Waals surface area (Å²) in [4.78, 5) is 0. The standard InChI is InChI=1S/C10H14N2O/c1-4-7-9(13-3)5-8(11)6(2)10(7)12/h4-5H,1,11-12H2,2-3H3. The van der Waals surface area contributed by atoms with Gasteiger partial charge in [-0.2, -0.15) is 0 Å². The third-order valence-electron chi connectivity index (χ3n) is 2.10. The minimum atomic E-state index is 0.631. The summed E-state index contributed by atoms with van der Waals surface area (Å²) in [6.45, 7) is 5.54. The molecule has 0 spiro atoms. The number of ether oxygens (including phenoxy) is 1. The molecular formula is C10H14N2O. The second-order valence-corrected chi connectivity index (χ2v) is 2.82. The lowest BCUT2D eigenvalue weighted by atomic mass is 10.1. The lowest BCUT2D eigenvalue weighted by Gasteiger charge is -2.12. The first-order valence-electron chi connectivity index (χ1n) is 3.96. The molecule has 3 nitrogen and oxygen atoms in total. The van der Waals surface area contributed by atoms with Gasteiger partial charge in [-0.1, -0.05) is 12.7 Å². The molecule has 4 N–H and O–H groups in total. The van der Waals surface area contributed by atoms with Crippen molar-refractivity contribution in [3.05, 3.63) is 23.8 Å². The van der Waals surface area contributed by atoms with E-state index >= 15 is 0 Å². The van der Waals surface area contributed by atoms with Gasteiger partial charge in [0, 0.05) is 23.0 Å². The van der Waals surface area contributed by atoms with Crippen molar-refractivity contribution in [3.63, 3.8) is 0 Å². The molecule has 0 aliphatic heterocycles. The Labute approximate surface area is 78.0 Å². The van der Waals surface area contributed by atoms with Gasteiger partial charge in [-0.05, 0) is 12.5 Å². The van der Waals surface area contributed by atoms with Gasteiger partial charge in [0.2, 0.25) is 0 Å². The number of rotatable bonds is 2. The van der Waals surface area contributed by atoms with Crippen LogP contribution in [0.1, 0.15) is 11.1 Å². The van der Waals surface area contributed by atoms with Crippen LogP contribution in [0.15, 0.2) is 12.6 Å². The first kappa shape index (κ1) is 9.45. The average Bonchev–Trinajstić information content (AvgIpc) is 2.13. The second kappa shape index (κ2) is 3.39. The van der Waals surface area contributed by atoms with Gasteiger partial charge in [-0.25, -0.2) is 0 Å². The Kier molecular flexibility index (Phi) is 2.46.